The van der Waals surface area contributed by atoms with Crippen molar-refractivity contribution in [2.75, 3.05) is 6.61 Å². The van der Waals surface area contributed by atoms with Gasteiger partial charge in [-0.25, -0.2) is 4.52 Å². The lowest BCUT2D eigenvalue weighted by Crippen LogP contribution is -2.22. The maximum atomic E-state index is 12.9. The molecule has 0 bridgehead atoms. The van der Waals surface area contributed by atoms with Gasteiger partial charge >= 0.3 is 0 Å². The quantitative estimate of drug-likeness (QED) is 0.486. The largest absolute Gasteiger partial charge is 0.492 e. The van der Waals surface area contributed by atoms with Gasteiger partial charge in [-0.3, -0.25) is 4.79 Å². The summed E-state index contributed by atoms with van der Waals surface area (Å²) in [6.45, 7) is 3.08. The van der Waals surface area contributed by atoms with Gasteiger partial charge in [0.15, 0.2) is 0 Å². The minimum absolute atomic E-state index is 0.0609. The van der Waals surface area contributed by atoms with Crippen molar-refractivity contribution in [3.8, 4) is 17.0 Å². The smallest absolute Gasteiger partial charge is 0.276 e. The number of benzene rings is 2. The van der Waals surface area contributed by atoms with E-state index < -0.39 is 0 Å². The summed E-state index contributed by atoms with van der Waals surface area (Å²) in [5, 5.41) is 5.05. The Morgan fingerprint density at radius 2 is 1.89 bits per heavy atom. The van der Waals surface area contributed by atoms with E-state index in [4.69, 9.17) is 16.3 Å². The molecule has 2 aromatic heterocycles. The maximum Gasteiger partial charge on any atom is 0.276 e. The molecule has 0 N–H and O–H groups in total. The number of aromatic nitrogens is 3. The molecule has 0 saturated heterocycles. The first kappa shape index (κ1) is 18.3. The highest BCUT2D eigenvalue weighted by Gasteiger charge is 2.11. The molecule has 0 amide bonds. The van der Waals surface area contributed by atoms with Crippen molar-refractivity contribution in [3.63, 3.8) is 0 Å². The molecule has 6 heteroatoms. The van der Waals surface area contributed by atoms with Gasteiger partial charge in [-0.2, -0.15) is 5.10 Å². The van der Waals surface area contributed by atoms with Gasteiger partial charge in [-0.1, -0.05) is 41.9 Å². The third-order valence-electron chi connectivity index (χ3n) is 4.62. The van der Waals surface area contributed by atoms with E-state index in [1.54, 1.807) is 27.5 Å². The second-order valence-corrected chi connectivity index (χ2v) is 6.88. The van der Waals surface area contributed by atoms with Crippen molar-refractivity contribution in [1.82, 2.24) is 14.2 Å². The van der Waals surface area contributed by atoms with Crippen LogP contribution in [-0.4, -0.2) is 20.8 Å². The minimum Gasteiger partial charge on any atom is -0.492 e. The summed E-state index contributed by atoms with van der Waals surface area (Å²) in [6, 6.07) is 17.5. The van der Waals surface area contributed by atoms with Crippen molar-refractivity contribution in [3.05, 3.63) is 87.9 Å². The van der Waals surface area contributed by atoms with Crippen LogP contribution in [0.1, 0.15) is 12.5 Å². The van der Waals surface area contributed by atoms with Crippen molar-refractivity contribution in [2.45, 2.75) is 19.9 Å². The van der Waals surface area contributed by atoms with Gasteiger partial charge in [-0.15, -0.1) is 0 Å². The number of nitrogens with zero attached hydrogens (tertiary/aromatic N) is 3. The molecule has 0 saturated carbocycles. The zero-order valence-electron chi connectivity index (χ0n) is 15.5. The normalized spacial score (nSPS) is 11.1. The molecule has 0 aliphatic rings. The Balaban J connectivity index is 1.63. The molecule has 2 heterocycles. The first-order chi connectivity index (χ1) is 13.7. The maximum absolute atomic E-state index is 12.9. The molecule has 0 aliphatic heterocycles. The first-order valence-electron chi connectivity index (χ1n) is 9.21. The average Bonchev–Trinajstić information content (AvgIpc) is 3.15. The highest BCUT2D eigenvalue weighted by atomic mass is 35.5. The fraction of sp³-hybridized carbons (Fsp3) is 0.182. The third kappa shape index (κ3) is 3.66. The predicted octanol–water partition coefficient (Wildman–Crippen LogP) is 4.46. The SMILES string of the molecule is CCOc1ccc(-c2cc3c(=O)n(CCc4ccccc4)ccn3n2)cc1Cl. The second kappa shape index (κ2) is 7.90. The van der Waals surface area contributed by atoms with Crippen molar-refractivity contribution < 1.29 is 4.74 Å². The van der Waals surface area contributed by atoms with Gasteiger partial charge in [0.25, 0.3) is 5.56 Å². The van der Waals surface area contributed by atoms with Gasteiger partial charge in [0, 0.05) is 24.5 Å². The molecular formula is C22H20ClN3O2. The fourth-order valence-electron chi connectivity index (χ4n) is 3.17. The van der Waals surface area contributed by atoms with Crippen LogP contribution in [0.4, 0.5) is 0 Å². The first-order valence-corrected chi connectivity index (χ1v) is 9.59. The van der Waals surface area contributed by atoms with E-state index in [1.165, 1.54) is 5.56 Å². The number of halogens is 1. The second-order valence-electron chi connectivity index (χ2n) is 6.47. The van der Waals surface area contributed by atoms with Crippen molar-refractivity contribution in [2.24, 2.45) is 0 Å². The van der Waals surface area contributed by atoms with Gasteiger partial charge in [0.1, 0.15) is 11.3 Å². The molecule has 28 heavy (non-hydrogen) atoms. The Morgan fingerprint density at radius 3 is 2.64 bits per heavy atom. The molecule has 5 nitrogen and oxygen atoms in total. The average molecular weight is 394 g/mol. The van der Waals surface area contributed by atoms with E-state index >= 15 is 0 Å². The van der Waals surface area contributed by atoms with Crippen molar-refractivity contribution >= 4 is 17.1 Å². The summed E-state index contributed by atoms with van der Waals surface area (Å²) < 4.78 is 8.81. The molecule has 0 unspecified atom stereocenters. The third-order valence-corrected chi connectivity index (χ3v) is 4.91. The topological polar surface area (TPSA) is 48.5 Å². The van der Waals surface area contributed by atoms with Crippen LogP contribution in [0.15, 0.2) is 71.8 Å². The number of hydrogen-bond acceptors (Lipinski definition) is 3. The standard InChI is InChI=1S/C22H20ClN3O2/c1-2-28-21-9-8-17(14-18(21)23)19-15-20-22(27)25(12-13-26(20)24-19)11-10-16-6-4-3-5-7-16/h3-9,12-15H,2,10-11H2,1H3. The van der Waals surface area contributed by atoms with Crippen LogP contribution in [0.2, 0.25) is 5.02 Å². The predicted molar refractivity (Wildman–Crippen MR) is 111 cm³/mol. The molecule has 4 aromatic rings. The Bertz CT molecular complexity index is 1170. The lowest BCUT2D eigenvalue weighted by Gasteiger charge is -2.06. The molecule has 0 radical (unpaired) electrons. The highest BCUT2D eigenvalue weighted by Crippen LogP contribution is 2.30. The Hall–Kier alpha value is -3.05. The van der Waals surface area contributed by atoms with Crippen LogP contribution < -0.4 is 10.3 Å². The van der Waals surface area contributed by atoms with Crippen molar-refractivity contribution in [1.29, 1.82) is 0 Å². The Morgan fingerprint density at radius 1 is 1.07 bits per heavy atom. The van der Waals surface area contributed by atoms with Gasteiger partial charge < -0.3 is 9.30 Å². The zero-order valence-corrected chi connectivity index (χ0v) is 16.3. The molecule has 4 rings (SSSR count). The summed E-state index contributed by atoms with van der Waals surface area (Å²) in [6.07, 6.45) is 4.38. The Labute approximate surface area is 167 Å². The van der Waals surface area contributed by atoms with Crippen LogP contribution in [0.25, 0.3) is 16.8 Å². The van der Waals surface area contributed by atoms with Gasteiger partial charge in [0.2, 0.25) is 0 Å². The van der Waals surface area contributed by atoms with Gasteiger partial charge in [-0.05, 0) is 43.2 Å². The Kier molecular flexibility index (Phi) is 5.17. The molecule has 142 valence electrons. The van der Waals surface area contributed by atoms with E-state index in [-0.39, 0.29) is 5.56 Å². The van der Waals surface area contributed by atoms with E-state index in [2.05, 4.69) is 17.2 Å². The molecule has 0 atom stereocenters. The van der Waals surface area contributed by atoms with Crippen LogP contribution >= 0.6 is 11.6 Å². The minimum atomic E-state index is -0.0609. The number of fused-ring (bicyclic) bond motifs is 1. The van der Waals surface area contributed by atoms with Crippen LogP contribution in [-0.2, 0) is 13.0 Å². The van der Waals surface area contributed by atoms with E-state index in [1.807, 2.05) is 43.3 Å². The summed E-state index contributed by atoms with van der Waals surface area (Å²) in [4.78, 5) is 12.9. The number of rotatable bonds is 6. The monoisotopic (exact) mass is 393 g/mol. The lowest BCUT2D eigenvalue weighted by molar-refractivity contribution is 0.340. The van der Waals surface area contributed by atoms with E-state index in [9.17, 15) is 4.79 Å². The van der Waals surface area contributed by atoms with Crippen LogP contribution in [0, 0.1) is 0 Å². The van der Waals surface area contributed by atoms with E-state index in [0.29, 0.717) is 35.1 Å². The molecule has 0 fully saturated rings. The number of hydrogen-bond donors (Lipinski definition) is 0. The summed E-state index contributed by atoms with van der Waals surface area (Å²) >= 11 is 6.29. The number of aryl methyl sites for hydroxylation is 2. The lowest BCUT2D eigenvalue weighted by atomic mass is 10.1. The van der Waals surface area contributed by atoms with E-state index in [0.717, 1.165) is 12.0 Å². The van der Waals surface area contributed by atoms with Gasteiger partial charge in [0.05, 0.1) is 17.3 Å². The molecule has 0 spiro atoms. The zero-order chi connectivity index (χ0) is 19.5. The van der Waals surface area contributed by atoms with Crippen LogP contribution in [0.3, 0.4) is 0 Å². The van der Waals surface area contributed by atoms with Crippen LogP contribution in [0.5, 0.6) is 5.75 Å². The molecule has 0 aliphatic carbocycles. The molecular weight excluding hydrogens is 374 g/mol. The number of ether oxygens (including phenoxy) is 1. The summed E-state index contributed by atoms with van der Waals surface area (Å²) in [5.74, 6) is 0.639. The highest BCUT2D eigenvalue weighted by molar-refractivity contribution is 6.32. The molecule has 2 aromatic carbocycles. The summed E-state index contributed by atoms with van der Waals surface area (Å²) in [5.41, 5.74) is 3.22. The summed E-state index contributed by atoms with van der Waals surface area (Å²) in [7, 11) is 0. The fourth-order valence-corrected chi connectivity index (χ4v) is 3.41.